The number of hydrogen-bond acceptors (Lipinski definition) is 3. The summed E-state index contributed by atoms with van der Waals surface area (Å²) in [7, 11) is 0. The molecule has 3 amide bonds. The zero-order valence-electron chi connectivity index (χ0n) is 10.6. The van der Waals surface area contributed by atoms with Crippen LogP contribution in [0.2, 0.25) is 0 Å². The third-order valence-corrected chi connectivity index (χ3v) is 3.57. The summed E-state index contributed by atoms with van der Waals surface area (Å²) in [6.07, 6.45) is 1.66. The summed E-state index contributed by atoms with van der Waals surface area (Å²) >= 11 is 0. The van der Waals surface area contributed by atoms with Crippen LogP contribution in [0.5, 0.6) is 0 Å². The minimum absolute atomic E-state index is 0.0100. The van der Waals surface area contributed by atoms with Gasteiger partial charge in [0.25, 0.3) is 0 Å². The molecule has 100 valence electrons. The number of likely N-dealkylation sites (tertiary alicyclic amines) is 1. The van der Waals surface area contributed by atoms with Gasteiger partial charge in [-0.1, -0.05) is 0 Å². The summed E-state index contributed by atoms with van der Waals surface area (Å²) in [5, 5.41) is 2.70. The van der Waals surface area contributed by atoms with E-state index < -0.39 is 0 Å². The second-order valence-corrected chi connectivity index (χ2v) is 4.91. The van der Waals surface area contributed by atoms with Crippen LogP contribution in [0.3, 0.4) is 0 Å². The van der Waals surface area contributed by atoms with E-state index in [1.807, 2.05) is 0 Å². The van der Waals surface area contributed by atoms with E-state index in [-0.39, 0.29) is 30.2 Å². The molecule has 0 aromatic rings. The van der Waals surface area contributed by atoms with Crippen molar-refractivity contribution in [3.05, 3.63) is 0 Å². The fourth-order valence-electron chi connectivity index (χ4n) is 2.55. The molecule has 0 saturated carbocycles. The Labute approximate surface area is 106 Å². The van der Waals surface area contributed by atoms with Gasteiger partial charge >= 0.3 is 0 Å². The Bertz CT molecular complexity index is 370. The van der Waals surface area contributed by atoms with Crippen LogP contribution in [0.4, 0.5) is 0 Å². The molecule has 2 heterocycles. The number of nitrogens with zero attached hydrogens (tertiary/aromatic N) is 2. The average Bonchev–Trinajstić information content (AvgIpc) is 2.38. The van der Waals surface area contributed by atoms with Gasteiger partial charge in [-0.2, -0.15) is 0 Å². The molecular weight excluding hydrogens is 234 g/mol. The molecule has 2 saturated heterocycles. The van der Waals surface area contributed by atoms with Gasteiger partial charge in [0.05, 0.1) is 12.5 Å². The lowest BCUT2D eigenvalue weighted by molar-refractivity contribution is -0.144. The number of rotatable bonds is 1. The molecule has 1 atom stereocenters. The molecule has 2 rings (SSSR count). The molecule has 0 aliphatic carbocycles. The maximum Gasteiger partial charge on any atom is 0.239 e. The van der Waals surface area contributed by atoms with Gasteiger partial charge in [-0.3, -0.25) is 14.4 Å². The van der Waals surface area contributed by atoms with Crippen LogP contribution in [0.1, 0.15) is 19.8 Å². The van der Waals surface area contributed by atoms with E-state index in [4.69, 9.17) is 0 Å². The number of nitrogens with one attached hydrogen (secondary N) is 1. The van der Waals surface area contributed by atoms with Crippen molar-refractivity contribution in [3.63, 3.8) is 0 Å². The molecule has 18 heavy (non-hydrogen) atoms. The minimum Gasteiger partial charge on any atom is -0.353 e. The summed E-state index contributed by atoms with van der Waals surface area (Å²) in [6, 6.07) is 0. The summed E-state index contributed by atoms with van der Waals surface area (Å²) in [5.74, 6) is -0.220. The number of piperazine rings is 1. The highest BCUT2D eigenvalue weighted by molar-refractivity contribution is 5.87. The molecule has 6 nitrogen and oxygen atoms in total. The van der Waals surface area contributed by atoms with Gasteiger partial charge in [-0.15, -0.1) is 0 Å². The first-order chi connectivity index (χ1) is 8.58. The molecule has 0 radical (unpaired) electrons. The highest BCUT2D eigenvalue weighted by Crippen LogP contribution is 2.19. The molecule has 1 unspecified atom stereocenters. The Hall–Kier alpha value is -1.59. The number of carbonyl (C=O) groups excluding carboxylic acids is 3. The van der Waals surface area contributed by atoms with Gasteiger partial charge < -0.3 is 15.1 Å². The van der Waals surface area contributed by atoms with Crippen LogP contribution in [0.25, 0.3) is 0 Å². The summed E-state index contributed by atoms with van der Waals surface area (Å²) < 4.78 is 0. The monoisotopic (exact) mass is 253 g/mol. The molecule has 6 heteroatoms. The molecular formula is C12H19N3O3. The molecule has 0 aromatic carbocycles. The van der Waals surface area contributed by atoms with Gasteiger partial charge in [-0.05, 0) is 12.8 Å². The van der Waals surface area contributed by atoms with Crippen molar-refractivity contribution in [2.75, 3.05) is 32.7 Å². The van der Waals surface area contributed by atoms with Gasteiger partial charge in [-0.25, -0.2) is 0 Å². The smallest absolute Gasteiger partial charge is 0.239 e. The van der Waals surface area contributed by atoms with Crippen molar-refractivity contribution in [1.29, 1.82) is 0 Å². The first kappa shape index (κ1) is 12.9. The van der Waals surface area contributed by atoms with Gasteiger partial charge in [0.2, 0.25) is 17.7 Å². The maximum absolute atomic E-state index is 12.3. The Morgan fingerprint density at radius 2 is 2.06 bits per heavy atom. The second kappa shape index (κ2) is 5.37. The van der Waals surface area contributed by atoms with Crippen LogP contribution in [-0.2, 0) is 14.4 Å². The van der Waals surface area contributed by atoms with E-state index in [1.165, 1.54) is 6.92 Å². The minimum atomic E-state index is -0.145. The average molecular weight is 253 g/mol. The Balaban J connectivity index is 1.95. The first-order valence-electron chi connectivity index (χ1n) is 6.39. The normalized spacial score (nSPS) is 24.7. The number of amides is 3. The summed E-state index contributed by atoms with van der Waals surface area (Å²) in [6.45, 7) is 4.00. The lowest BCUT2D eigenvalue weighted by Gasteiger charge is -2.35. The Morgan fingerprint density at radius 1 is 1.28 bits per heavy atom. The predicted molar refractivity (Wildman–Crippen MR) is 64.6 cm³/mol. The quantitative estimate of drug-likeness (QED) is 0.665. The maximum atomic E-state index is 12.3. The molecule has 1 N–H and O–H groups in total. The second-order valence-electron chi connectivity index (χ2n) is 4.91. The molecule has 0 spiro atoms. The third kappa shape index (κ3) is 2.80. The van der Waals surface area contributed by atoms with Gasteiger partial charge in [0, 0.05) is 33.1 Å². The van der Waals surface area contributed by atoms with Crippen LogP contribution in [0.15, 0.2) is 0 Å². The van der Waals surface area contributed by atoms with E-state index >= 15 is 0 Å². The fourth-order valence-corrected chi connectivity index (χ4v) is 2.55. The molecule has 0 bridgehead atoms. The lowest BCUT2D eigenvalue weighted by atomic mass is 9.96. The van der Waals surface area contributed by atoms with Crippen LogP contribution in [0, 0.1) is 5.92 Å². The van der Waals surface area contributed by atoms with E-state index in [1.54, 1.807) is 9.80 Å². The van der Waals surface area contributed by atoms with Gasteiger partial charge in [0.1, 0.15) is 0 Å². The summed E-state index contributed by atoms with van der Waals surface area (Å²) in [4.78, 5) is 38.2. The summed E-state index contributed by atoms with van der Waals surface area (Å²) in [5.41, 5.74) is 0. The Morgan fingerprint density at radius 3 is 2.72 bits per heavy atom. The highest BCUT2D eigenvalue weighted by atomic mass is 16.2. The predicted octanol–water partition coefficient (Wildman–Crippen LogP) is -0.797. The van der Waals surface area contributed by atoms with E-state index in [0.29, 0.717) is 19.6 Å². The number of hydrogen-bond donors (Lipinski definition) is 1. The molecule has 2 aliphatic rings. The van der Waals surface area contributed by atoms with Crippen molar-refractivity contribution in [2.45, 2.75) is 19.8 Å². The van der Waals surface area contributed by atoms with Crippen LogP contribution < -0.4 is 5.32 Å². The van der Waals surface area contributed by atoms with Gasteiger partial charge in [0.15, 0.2) is 0 Å². The SMILES string of the molecule is CC(=O)N1CCCC(C(=O)N2CCNC(=O)C2)C1. The van der Waals surface area contributed by atoms with Crippen molar-refractivity contribution in [1.82, 2.24) is 15.1 Å². The lowest BCUT2D eigenvalue weighted by Crippen LogP contribution is -2.53. The first-order valence-corrected chi connectivity index (χ1v) is 6.39. The van der Waals surface area contributed by atoms with E-state index in [2.05, 4.69) is 5.32 Å². The van der Waals surface area contributed by atoms with Crippen molar-refractivity contribution < 1.29 is 14.4 Å². The fraction of sp³-hybridized carbons (Fsp3) is 0.750. The van der Waals surface area contributed by atoms with E-state index in [0.717, 1.165) is 19.4 Å². The van der Waals surface area contributed by atoms with E-state index in [9.17, 15) is 14.4 Å². The topological polar surface area (TPSA) is 69.7 Å². The zero-order chi connectivity index (χ0) is 13.1. The Kier molecular flexibility index (Phi) is 3.84. The highest BCUT2D eigenvalue weighted by Gasteiger charge is 2.31. The van der Waals surface area contributed by atoms with Crippen molar-refractivity contribution in [2.24, 2.45) is 5.92 Å². The standard InChI is InChI=1S/C12H19N3O3/c1-9(16)14-5-2-3-10(7-14)12(18)15-6-4-13-11(17)8-15/h10H,2-8H2,1H3,(H,13,17). The van der Waals surface area contributed by atoms with Crippen molar-refractivity contribution >= 4 is 17.7 Å². The molecule has 2 fully saturated rings. The zero-order valence-corrected chi connectivity index (χ0v) is 10.6. The molecule has 0 aromatic heterocycles. The third-order valence-electron chi connectivity index (χ3n) is 3.57. The largest absolute Gasteiger partial charge is 0.353 e. The van der Waals surface area contributed by atoms with Crippen LogP contribution in [-0.4, -0.2) is 60.2 Å². The van der Waals surface area contributed by atoms with Crippen LogP contribution >= 0.6 is 0 Å². The number of carbonyl (C=O) groups is 3. The molecule has 2 aliphatic heterocycles. The number of piperidine rings is 1. The van der Waals surface area contributed by atoms with Crippen molar-refractivity contribution in [3.8, 4) is 0 Å².